The second-order valence-electron chi connectivity index (χ2n) is 19.4. The molecule has 7 nitrogen and oxygen atoms in total. The van der Waals surface area contributed by atoms with E-state index in [9.17, 15) is 9.90 Å². The summed E-state index contributed by atoms with van der Waals surface area (Å²) in [6.45, 7) is 12.4. The monoisotopic (exact) mass is 806 g/mol. The highest BCUT2D eigenvalue weighted by atomic mass is 16.6. The van der Waals surface area contributed by atoms with Crippen molar-refractivity contribution in [3.63, 3.8) is 0 Å². The number of aliphatic hydroxyl groups excluding tert-OH is 1. The van der Waals surface area contributed by atoms with E-state index in [0.29, 0.717) is 5.41 Å². The van der Waals surface area contributed by atoms with Crippen LogP contribution in [-0.2, 0) is 15.1 Å². The van der Waals surface area contributed by atoms with Gasteiger partial charge in [-0.3, -0.25) is 0 Å². The average molecular weight is 806 g/mol. The van der Waals surface area contributed by atoms with E-state index in [1.807, 2.05) is 78.9 Å². The summed E-state index contributed by atoms with van der Waals surface area (Å²) in [4.78, 5) is 13.3. The number of allylic oxidation sites excluding steroid dienone is 1. The van der Waals surface area contributed by atoms with Crippen LogP contribution in [0.4, 0.5) is 4.79 Å². The van der Waals surface area contributed by atoms with E-state index in [1.165, 1.54) is 56.9 Å². The summed E-state index contributed by atoms with van der Waals surface area (Å²) >= 11 is 0. The second kappa shape index (κ2) is 18.4. The predicted molar refractivity (Wildman–Crippen MR) is 236 cm³/mol. The zero-order chi connectivity index (χ0) is 41.8. The molecule has 3 saturated carbocycles. The number of hydrogen-bond donors (Lipinski definition) is 2. The standard InChI is InChI=1S/C52H71NO6/c1-35(2)12-11-13-36(3)46-26-27-47-45-25-20-40-32-44(28-30-50(40,4)48(45)29-31-51(46,47)5)59-49(55)53-33-41(54)34-58-52(37-14-9-8-10-15-37,38-16-21-42(56-6)22-17-38)39-18-23-43(57-7)24-19-39/h8-10,14-24,35-36,41,44-48,54H,11-13,25-34H2,1-7H3,(H,53,55)/t36?,41?,44-,45?,46?,47?,48?,50-,51+/m1/s1. The number of alkyl carbamates (subject to hydrolysis) is 1. The summed E-state index contributed by atoms with van der Waals surface area (Å²) in [7, 11) is 3.29. The third-order valence-corrected chi connectivity index (χ3v) is 15.7. The Balaban J connectivity index is 0.965. The number of benzene rings is 3. The number of nitrogens with one attached hydrogen (secondary N) is 1. The summed E-state index contributed by atoms with van der Waals surface area (Å²) in [5.74, 6) is 6.27. The molecule has 3 aromatic carbocycles. The van der Waals surface area contributed by atoms with Crippen molar-refractivity contribution in [1.82, 2.24) is 5.32 Å². The number of ether oxygens (including phenoxy) is 4. The van der Waals surface area contributed by atoms with Gasteiger partial charge < -0.3 is 29.4 Å². The molecule has 0 spiro atoms. The summed E-state index contributed by atoms with van der Waals surface area (Å²) in [5, 5.41) is 14.2. The Bertz CT molecular complexity index is 1810. The van der Waals surface area contributed by atoms with Gasteiger partial charge in [0.05, 0.1) is 26.9 Å². The molecule has 3 fully saturated rings. The Kier molecular flexibility index (Phi) is 13.5. The normalized spacial score (nSPS) is 28.7. The molecular weight excluding hydrogens is 735 g/mol. The van der Waals surface area contributed by atoms with Gasteiger partial charge in [-0.15, -0.1) is 0 Å². The Labute approximate surface area is 354 Å². The number of hydrogen-bond acceptors (Lipinski definition) is 6. The highest BCUT2D eigenvalue weighted by molar-refractivity contribution is 5.67. The first-order chi connectivity index (χ1) is 28.4. The molecule has 9 atom stereocenters. The van der Waals surface area contributed by atoms with Gasteiger partial charge in [0, 0.05) is 13.0 Å². The maximum atomic E-state index is 13.3. The number of aliphatic hydroxyl groups is 1. The first kappa shape index (κ1) is 43.3. The Morgan fingerprint density at radius 2 is 1.46 bits per heavy atom. The number of rotatable bonds is 16. The number of methoxy groups -OCH3 is 2. The maximum absolute atomic E-state index is 13.3. The number of fused-ring (bicyclic) bond motifs is 5. The quantitative estimate of drug-likeness (QED) is 0.111. The molecule has 2 N–H and O–H groups in total. The first-order valence-corrected chi connectivity index (χ1v) is 22.7. The van der Waals surface area contributed by atoms with Crippen molar-refractivity contribution in [3.05, 3.63) is 107 Å². The van der Waals surface area contributed by atoms with Crippen LogP contribution >= 0.6 is 0 Å². The van der Waals surface area contributed by atoms with Gasteiger partial charge in [-0.1, -0.05) is 120 Å². The second-order valence-corrected chi connectivity index (χ2v) is 19.4. The molecule has 0 radical (unpaired) electrons. The zero-order valence-corrected chi connectivity index (χ0v) is 36.9. The van der Waals surface area contributed by atoms with Gasteiger partial charge in [0.2, 0.25) is 0 Å². The van der Waals surface area contributed by atoms with Crippen LogP contribution in [0.1, 0.15) is 122 Å². The van der Waals surface area contributed by atoms with Crippen LogP contribution in [0, 0.1) is 46.3 Å². The maximum Gasteiger partial charge on any atom is 0.407 e. The smallest absolute Gasteiger partial charge is 0.407 e. The van der Waals surface area contributed by atoms with Crippen molar-refractivity contribution in [1.29, 1.82) is 0 Å². The van der Waals surface area contributed by atoms with Crippen molar-refractivity contribution in [3.8, 4) is 11.5 Å². The van der Waals surface area contributed by atoms with E-state index in [-0.39, 0.29) is 24.7 Å². The fraction of sp³-hybridized carbons (Fsp3) is 0.596. The van der Waals surface area contributed by atoms with Crippen LogP contribution in [0.25, 0.3) is 0 Å². The molecule has 7 rings (SSSR count). The van der Waals surface area contributed by atoms with Gasteiger partial charge in [-0.25, -0.2) is 4.79 Å². The van der Waals surface area contributed by atoms with Crippen LogP contribution in [-0.4, -0.2) is 50.8 Å². The van der Waals surface area contributed by atoms with Crippen molar-refractivity contribution in [2.24, 2.45) is 46.3 Å². The van der Waals surface area contributed by atoms with Crippen molar-refractivity contribution < 1.29 is 28.8 Å². The third kappa shape index (κ3) is 8.84. The number of carbonyl (C=O) groups excluding carboxylic acids is 1. The highest BCUT2D eigenvalue weighted by Gasteiger charge is 2.59. The predicted octanol–water partition coefficient (Wildman–Crippen LogP) is 11.5. The molecule has 4 aliphatic rings. The first-order valence-electron chi connectivity index (χ1n) is 22.7. The lowest BCUT2D eigenvalue weighted by Gasteiger charge is -2.58. The molecule has 1 amide bonds. The van der Waals surface area contributed by atoms with Crippen LogP contribution in [0.3, 0.4) is 0 Å². The molecule has 59 heavy (non-hydrogen) atoms. The van der Waals surface area contributed by atoms with E-state index in [0.717, 1.165) is 83.0 Å². The van der Waals surface area contributed by atoms with Crippen LogP contribution in [0.15, 0.2) is 90.5 Å². The van der Waals surface area contributed by atoms with E-state index < -0.39 is 17.8 Å². The summed E-state index contributed by atoms with van der Waals surface area (Å²) in [5.41, 5.74) is 3.75. The van der Waals surface area contributed by atoms with E-state index in [1.54, 1.807) is 14.2 Å². The van der Waals surface area contributed by atoms with Crippen LogP contribution in [0.2, 0.25) is 0 Å². The Hall–Kier alpha value is -3.81. The molecule has 0 aromatic heterocycles. The molecule has 0 saturated heterocycles. The molecular formula is C52H71NO6. The van der Waals surface area contributed by atoms with Crippen molar-refractivity contribution >= 4 is 6.09 Å². The molecule has 4 aliphatic carbocycles. The fourth-order valence-electron chi connectivity index (χ4n) is 12.5. The molecule has 0 aliphatic heterocycles. The lowest BCUT2D eigenvalue weighted by Crippen LogP contribution is -2.51. The molecule has 320 valence electrons. The highest BCUT2D eigenvalue weighted by Crippen LogP contribution is 2.67. The van der Waals surface area contributed by atoms with Gasteiger partial charge in [0.1, 0.15) is 23.2 Å². The molecule has 3 aromatic rings. The minimum Gasteiger partial charge on any atom is -0.497 e. The number of amides is 1. The minimum absolute atomic E-state index is 0.00328. The van der Waals surface area contributed by atoms with Crippen molar-refractivity contribution in [2.45, 2.75) is 123 Å². The fourth-order valence-corrected chi connectivity index (χ4v) is 12.5. The largest absolute Gasteiger partial charge is 0.497 e. The SMILES string of the molecule is COc1ccc(C(OCC(O)CNC(=O)O[C@@H]2CC[C@]3(C)C(=CCC4C5CCC(C(C)CCCC(C)C)[C@]5(C)CCC43)C2)(c2ccccc2)c2ccc(OC)cc2)cc1. The van der Waals surface area contributed by atoms with Crippen LogP contribution < -0.4 is 14.8 Å². The number of carbonyl (C=O) groups is 1. The van der Waals surface area contributed by atoms with Gasteiger partial charge in [0.25, 0.3) is 0 Å². The minimum atomic E-state index is -1.06. The molecule has 7 heteroatoms. The topological polar surface area (TPSA) is 86.2 Å². The summed E-state index contributed by atoms with van der Waals surface area (Å²) in [6.07, 6.45) is 14.4. The van der Waals surface area contributed by atoms with Gasteiger partial charge in [0.15, 0.2) is 0 Å². The lowest BCUT2D eigenvalue weighted by atomic mass is 9.47. The van der Waals surface area contributed by atoms with E-state index >= 15 is 0 Å². The third-order valence-electron chi connectivity index (χ3n) is 15.7. The lowest BCUT2D eigenvalue weighted by molar-refractivity contribution is -0.0584. The summed E-state index contributed by atoms with van der Waals surface area (Å²) < 4.78 is 23.9. The van der Waals surface area contributed by atoms with Gasteiger partial charge >= 0.3 is 6.09 Å². The Morgan fingerprint density at radius 3 is 2.08 bits per heavy atom. The van der Waals surface area contributed by atoms with E-state index in [4.69, 9.17) is 18.9 Å². The van der Waals surface area contributed by atoms with Crippen LogP contribution in [0.5, 0.6) is 11.5 Å². The van der Waals surface area contributed by atoms with Gasteiger partial charge in [-0.05, 0) is 132 Å². The summed E-state index contributed by atoms with van der Waals surface area (Å²) in [6, 6.07) is 25.6. The zero-order valence-electron chi connectivity index (χ0n) is 36.9. The molecule has 0 heterocycles. The average Bonchev–Trinajstić information content (AvgIpc) is 3.61. The Morgan fingerprint density at radius 1 is 0.814 bits per heavy atom. The van der Waals surface area contributed by atoms with E-state index in [2.05, 4.69) is 46.0 Å². The molecule has 6 unspecified atom stereocenters. The molecule has 0 bridgehead atoms. The van der Waals surface area contributed by atoms with Crippen molar-refractivity contribution in [2.75, 3.05) is 27.4 Å². The van der Waals surface area contributed by atoms with Gasteiger partial charge in [-0.2, -0.15) is 0 Å².